The first kappa shape index (κ1) is 10.8. The Morgan fingerprint density at radius 2 is 1.93 bits per heavy atom. The molecule has 0 aliphatic carbocycles. The molecule has 1 heterocycles. The fourth-order valence-electron chi connectivity index (χ4n) is 1.70. The van der Waals surface area contributed by atoms with E-state index in [0.717, 1.165) is 5.19 Å². The molecule has 1 aromatic rings. The summed E-state index contributed by atoms with van der Waals surface area (Å²) in [6.07, 6.45) is 0.614. The third kappa shape index (κ3) is 2.29. The van der Waals surface area contributed by atoms with Gasteiger partial charge in [-0.05, 0) is 17.7 Å². The molecular formula is C11H15O3Si. The van der Waals surface area contributed by atoms with Gasteiger partial charge in [0.15, 0.2) is 0 Å². The molecule has 4 heteroatoms. The minimum atomic E-state index is -1.30. The van der Waals surface area contributed by atoms with Crippen molar-refractivity contribution in [3.05, 3.63) is 29.8 Å². The van der Waals surface area contributed by atoms with Crippen molar-refractivity contribution in [3.63, 3.8) is 0 Å². The number of hydrogen-bond acceptors (Lipinski definition) is 3. The third-order valence-corrected chi connectivity index (χ3v) is 4.06. The monoisotopic (exact) mass is 223 g/mol. The quantitative estimate of drug-likeness (QED) is 0.566. The number of epoxide rings is 1. The van der Waals surface area contributed by atoms with Gasteiger partial charge in [-0.25, -0.2) is 0 Å². The largest absolute Gasteiger partial charge is 0.423 e. The third-order valence-electron chi connectivity index (χ3n) is 2.53. The van der Waals surface area contributed by atoms with Crippen LogP contribution >= 0.6 is 0 Å². The van der Waals surface area contributed by atoms with Crippen molar-refractivity contribution in [1.29, 1.82) is 0 Å². The highest BCUT2D eigenvalue weighted by atomic mass is 28.3. The van der Waals surface area contributed by atoms with E-state index in [1.165, 1.54) is 5.56 Å². The van der Waals surface area contributed by atoms with Gasteiger partial charge in [0, 0.05) is 14.2 Å². The van der Waals surface area contributed by atoms with Gasteiger partial charge >= 0.3 is 9.28 Å². The number of rotatable bonds is 4. The molecule has 1 aromatic carbocycles. The van der Waals surface area contributed by atoms with Crippen LogP contribution in [0.2, 0.25) is 0 Å². The van der Waals surface area contributed by atoms with Crippen LogP contribution in [0.25, 0.3) is 0 Å². The minimum Gasteiger partial charge on any atom is -0.393 e. The van der Waals surface area contributed by atoms with Gasteiger partial charge in [-0.3, -0.25) is 0 Å². The SMILES string of the molecule is CO[Si](OC)c1cccc(C2OC2C)c1. The maximum atomic E-state index is 5.43. The molecule has 0 amide bonds. The molecule has 0 N–H and O–H groups in total. The topological polar surface area (TPSA) is 31.0 Å². The molecule has 81 valence electrons. The Labute approximate surface area is 91.8 Å². The van der Waals surface area contributed by atoms with Crippen molar-refractivity contribution in [2.24, 2.45) is 0 Å². The van der Waals surface area contributed by atoms with Crippen LogP contribution in [0.5, 0.6) is 0 Å². The predicted molar refractivity (Wildman–Crippen MR) is 59.1 cm³/mol. The molecular weight excluding hydrogens is 208 g/mol. The van der Waals surface area contributed by atoms with Gasteiger partial charge in [0.05, 0.1) is 6.10 Å². The Kier molecular flexibility index (Phi) is 3.21. The summed E-state index contributed by atoms with van der Waals surface area (Å²) >= 11 is 0. The first-order valence-electron chi connectivity index (χ1n) is 4.97. The average molecular weight is 223 g/mol. The van der Waals surface area contributed by atoms with Crippen LogP contribution < -0.4 is 5.19 Å². The van der Waals surface area contributed by atoms with Gasteiger partial charge in [0.25, 0.3) is 0 Å². The van der Waals surface area contributed by atoms with Crippen LogP contribution in [0.15, 0.2) is 24.3 Å². The van der Waals surface area contributed by atoms with Gasteiger partial charge in [-0.1, -0.05) is 24.3 Å². The zero-order valence-corrected chi connectivity index (χ0v) is 10.2. The van der Waals surface area contributed by atoms with Crippen LogP contribution in [0, 0.1) is 0 Å². The molecule has 1 aliphatic heterocycles. The van der Waals surface area contributed by atoms with E-state index in [1.54, 1.807) is 14.2 Å². The molecule has 1 fully saturated rings. The van der Waals surface area contributed by atoms with Crippen LogP contribution in [-0.4, -0.2) is 29.6 Å². The van der Waals surface area contributed by atoms with Gasteiger partial charge in [-0.15, -0.1) is 0 Å². The van der Waals surface area contributed by atoms with E-state index < -0.39 is 9.28 Å². The lowest BCUT2D eigenvalue weighted by Crippen LogP contribution is -2.34. The molecule has 0 bridgehead atoms. The Morgan fingerprint density at radius 1 is 1.27 bits per heavy atom. The Hall–Kier alpha value is -0.683. The van der Waals surface area contributed by atoms with Crippen molar-refractivity contribution >= 4 is 14.5 Å². The normalized spacial score (nSPS) is 24.5. The van der Waals surface area contributed by atoms with E-state index in [2.05, 4.69) is 19.1 Å². The number of hydrogen-bond donors (Lipinski definition) is 0. The van der Waals surface area contributed by atoms with E-state index in [0.29, 0.717) is 6.10 Å². The number of benzene rings is 1. The molecule has 1 aliphatic rings. The summed E-state index contributed by atoms with van der Waals surface area (Å²) in [6.45, 7) is 2.08. The average Bonchev–Trinajstić information content (AvgIpc) is 2.98. The molecule has 0 aromatic heterocycles. The maximum absolute atomic E-state index is 5.43. The van der Waals surface area contributed by atoms with E-state index in [1.807, 2.05) is 12.1 Å². The fourth-order valence-corrected chi connectivity index (χ4v) is 2.85. The van der Waals surface area contributed by atoms with Crippen LogP contribution in [0.4, 0.5) is 0 Å². The molecule has 2 rings (SSSR count). The van der Waals surface area contributed by atoms with E-state index in [9.17, 15) is 0 Å². The molecule has 0 spiro atoms. The molecule has 2 unspecified atom stereocenters. The summed E-state index contributed by atoms with van der Waals surface area (Å²) in [7, 11) is 2.06. The second-order valence-electron chi connectivity index (χ2n) is 3.58. The first-order valence-corrected chi connectivity index (χ1v) is 6.28. The second kappa shape index (κ2) is 4.45. The zero-order chi connectivity index (χ0) is 10.8. The van der Waals surface area contributed by atoms with Gasteiger partial charge in [-0.2, -0.15) is 0 Å². The highest BCUT2D eigenvalue weighted by molar-refractivity contribution is 6.61. The van der Waals surface area contributed by atoms with Crippen molar-refractivity contribution in [1.82, 2.24) is 0 Å². The van der Waals surface area contributed by atoms with Crippen molar-refractivity contribution in [2.75, 3.05) is 14.2 Å². The molecule has 3 nitrogen and oxygen atoms in total. The summed E-state index contributed by atoms with van der Waals surface area (Å²) in [5, 5.41) is 1.13. The highest BCUT2D eigenvalue weighted by Crippen LogP contribution is 2.37. The summed E-state index contributed by atoms with van der Waals surface area (Å²) in [6, 6.07) is 8.28. The standard InChI is InChI=1S/C11H15O3Si/c1-8-11(14-8)9-5-4-6-10(7-9)15(12-2)13-3/h4-8,11H,1-3H3. The van der Waals surface area contributed by atoms with Crippen LogP contribution in [0.3, 0.4) is 0 Å². The Morgan fingerprint density at radius 3 is 2.47 bits per heavy atom. The molecule has 2 atom stereocenters. The van der Waals surface area contributed by atoms with Crippen LogP contribution in [-0.2, 0) is 13.6 Å². The summed E-state index contributed by atoms with van der Waals surface area (Å²) in [5.41, 5.74) is 1.22. The lowest BCUT2D eigenvalue weighted by atomic mass is 10.1. The molecule has 1 saturated heterocycles. The molecule has 0 saturated carbocycles. The van der Waals surface area contributed by atoms with E-state index >= 15 is 0 Å². The van der Waals surface area contributed by atoms with Crippen molar-refractivity contribution in [2.45, 2.75) is 19.1 Å². The van der Waals surface area contributed by atoms with Gasteiger partial charge < -0.3 is 13.6 Å². The summed E-state index contributed by atoms with van der Waals surface area (Å²) in [5.74, 6) is 0. The Bertz CT molecular complexity index is 338. The fraction of sp³-hybridized carbons (Fsp3) is 0.455. The Balaban J connectivity index is 2.18. The molecule has 15 heavy (non-hydrogen) atoms. The maximum Gasteiger partial charge on any atom is 0.423 e. The summed E-state index contributed by atoms with van der Waals surface area (Å²) < 4.78 is 16.0. The van der Waals surface area contributed by atoms with E-state index in [4.69, 9.17) is 13.6 Å². The zero-order valence-electron chi connectivity index (χ0n) is 9.19. The highest BCUT2D eigenvalue weighted by Gasteiger charge is 2.36. The predicted octanol–water partition coefficient (Wildman–Crippen LogP) is 1.13. The lowest BCUT2D eigenvalue weighted by Gasteiger charge is -2.10. The minimum absolute atomic E-state index is 0.266. The van der Waals surface area contributed by atoms with Crippen LogP contribution in [0.1, 0.15) is 18.6 Å². The number of ether oxygens (including phenoxy) is 1. The van der Waals surface area contributed by atoms with Gasteiger partial charge in [0.2, 0.25) is 0 Å². The smallest absolute Gasteiger partial charge is 0.393 e. The first-order chi connectivity index (χ1) is 7.26. The van der Waals surface area contributed by atoms with Crippen molar-refractivity contribution < 1.29 is 13.6 Å². The second-order valence-corrected chi connectivity index (χ2v) is 5.55. The van der Waals surface area contributed by atoms with Crippen molar-refractivity contribution in [3.8, 4) is 0 Å². The summed E-state index contributed by atoms with van der Waals surface area (Å²) in [4.78, 5) is 0. The lowest BCUT2D eigenvalue weighted by molar-refractivity contribution is 0.292. The van der Waals surface area contributed by atoms with E-state index in [-0.39, 0.29) is 6.10 Å². The molecule has 1 radical (unpaired) electrons. The van der Waals surface area contributed by atoms with Gasteiger partial charge in [0.1, 0.15) is 6.10 Å².